The van der Waals surface area contributed by atoms with Crippen LogP contribution >= 0.6 is 22.9 Å². The summed E-state index contributed by atoms with van der Waals surface area (Å²) >= 11 is 7.73. The lowest BCUT2D eigenvalue weighted by atomic mass is 10.1. The molecule has 0 saturated heterocycles. The summed E-state index contributed by atoms with van der Waals surface area (Å²) in [6.45, 7) is 6.22. The van der Waals surface area contributed by atoms with Crippen molar-refractivity contribution in [1.82, 2.24) is 4.90 Å². The third-order valence-electron chi connectivity index (χ3n) is 3.15. The Bertz CT molecular complexity index is 523. The van der Waals surface area contributed by atoms with E-state index in [-0.39, 0.29) is 0 Å². The molecule has 2 nitrogen and oxygen atoms in total. The lowest BCUT2D eigenvalue weighted by Gasteiger charge is -2.26. The molecule has 1 aromatic carbocycles. The Labute approximate surface area is 123 Å². The van der Waals surface area contributed by atoms with Gasteiger partial charge in [0.15, 0.2) is 0 Å². The van der Waals surface area contributed by atoms with Crippen LogP contribution in [0.2, 0.25) is 5.02 Å². The van der Waals surface area contributed by atoms with Gasteiger partial charge in [-0.2, -0.15) is 0 Å². The number of nitrogens with zero attached hydrogens (tertiary/aromatic N) is 1. The summed E-state index contributed by atoms with van der Waals surface area (Å²) in [6, 6.07) is 10.5. The van der Waals surface area contributed by atoms with Gasteiger partial charge in [0.05, 0.1) is 0 Å². The smallest absolute Gasteiger partial charge is 0.0426 e. The molecule has 0 aliphatic heterocycles. The first-order chi connectivity index (χ1) is 9.06. The largest absolute Gasteiger partial charge is 0.398 e. The van der Waals surface area contributed by atoms with Crippen LogP contribution in [0.4, 0.5) is 5.69 Å². The molecule has 0 unspecified atom stereocenters. The van der Waals surface area contributed by atoms with Crippen molar-refractivity contribution in [3.8, 4) is 0 Å². The highest BCUT2D eigenvalue weighted by Gasteiger charge is 2.13. The second-order valence-corrected chi connectivity index (χ2v) is 6.39. The molecular formula is C15H19ClN2S. The zero-order chi connectivity index (χ0) is 13.8. The molecule has 1 heterocycles. The Morgan fingerprint density at radius 1 is 1.26 bits per heavy atom. The number of nitrogen functional groups attached to an aromatic ring is 1. The Balaban J connectivity index is 2.12. The van der Waals surface area contributed by atoms with Gasteiger partial charge in [-0.15, -0.1) is 11.3 Å². The third-order valence-corrected chi connectivity index (χ3v) is 4.25. The molecule has 0 radical (unpaired) electrons. The number of rotatable bonds is 5. The molecule has 102 valence electrons. The molecule has 2 rings (SSSR count). The Hall–Kier alpha value is -1.03. The Morgan fingerprint density at radius 3 is 2.63 bits per heavy atom. The Morgan fingerprint density at radius 2 is 2.05 bits per heavy atom. The SMILES string of the molecule is CC(C)N(Cc1cccs1)Cc1ccc(Cl)cc1N. The van der Waals surface area contributed by atoms with Gasteiger partial charge in [0.2, 0.25) is 0 Å². The van der Waals surface area contributed by atoms with E-state index in [4.69, 9.17) is 17.3 Å². The van der Waals surface area contributed by atoms with E-state index in [9.17, 15) is 0 Å². The fourth-order valence-corrected chi connectivity index (χ4v) is 2.86. The molecule has 0 fully saturated rings. The third kappa shape index (κ3) is 3.96. The van der Waals surface area contributed by atoms with E-state index in [1.807, 2.05) is 18.2 Å². The number of halogens is 1. The molecule has 0 bridgehead atoms. The van der Waals surface area contributed by atoms with Crippen molar-refractivity contribution in [3.63, 3.8) is 0 Å². The van der Waals surface area contributed by atoms with Crippen LogP contribution in [-0.2, 0) is 13.1 Å². The lowest BCUT2D eigenvalue weighted by Crippen LogP contribution is -2.29. The first-order valence-electron chi connectivity index (χ1n) is 6.36. The van der Waals surface area contributed by atoms with Gasteiger partial charge in [0.25, 0.3) is 0 Å². The molecule has 0 atom stereocenters. The second kappa shape index (κ2) is 6.42. The van der Waals surface area contributed by atoms with Crippen LogP contribution in [0, 0.1) is 0 Å². The fraction of sp³-hybridized carbons (Fsp3) is 0.333. The summed E-state index contributed by atoms with van der Waals surface area (Å²) in [6.07, 6.45) is 0. The molecule has 2 aromatic rings. The van der Waals surface area contributed by atoms with Crippen molar-refractivity contribution in [2.24, 2.45) is 0 Å². The second-order valence-electron chi connectivity index (χ2n) is 4.92. The molecule has 0 amide bonds. The number of anilines is 1. The number of benzene rings is 1. The molecule has 0 aliphatic rings. The first kappa shape index (κ1) is 14.4. The van der Waals surface area contributed by atoms with Crippen molar-refractivity contribution >= 4 is 28.6 Å². The van der Waals surface area contributed by atoms with Gasteiger partial charge in [-0.05, 0) is 43.0 Å². The highest BCUT2D eigenvalue weighted by molar-refractivity contribution is 7.09. The molecule has 2 N–H and O–H groups in total. The van der Waals surface area contributed by atoms with Crippen LogP contribution in [0.5, 0.6) is 0 Å². The van der Waals surface area contributed by atoms with Crippen LogP contribution in [-0.4, -0.2) is 10.9 Å². The van der Waals surface area contributed by atoms with E-state index in [2.05, 4.69) is 36.3 Å². The van der Waals surface area contributed by atoms with Gasteiger partial charge >= 0.3 is 0 Å². The predicted molar refractivity (Wildman–Crippen MR) is 84.6 cm³/mol. The average molecular weight is 295 g/mol. The van der Waals surface area contributed by atoms with E-state index in [0.717, 1.165) is 24.3 Å². The van der Waals surface area contributed by atoms with Crippen molar-refractivity contribution in [2.45, 2.75) is 33.0 Å². The van der Waals surface area contributed by atoms with Crippen LogP contribution < -0.4 is 5.73 Å². The number of nitrogens with two attached hydrogens (primary N) is 1. The van der Waals surface area contributed by atoms with Crippen molar-refractivity contribution < 1.29 is 0 Å². The van der Waals surface area contributed by atoms with Gasteiger partial charge in [-0.3, -0.25) is 4.90 Å². The van der Waals surface area contributed by atoms with Crippen molar-refractivity contribution in [3.05, 3.63) is 51.2 Å². The monoisotopic (exact) mass is 294 g/mol. The minimum Gasteiger partial charge on any atom is -0.398 e. The van der Waals surface area contributed by atoms with Gasteiger partial charge in [0.1, 0.15) is 0 Å². The minimum atomic E-state index is 0.470. The van der Waals surface area contributed by atoms with Gasteiger partial charge in [-0.25, -0.2) is 0 Å². The molecule has 0 aliphatic carbocycles. The molecule has 1 aromatic heterocycles. The highest BCUT2D eigenvalue weighted by atomic mass is 35.5. The van der Waals surface area contributed by atoms with Crippen molar-refractivity contribution in [1.29, 1.82) is 0 Å². The summed E-state index contributed by atoms with van der Waals surface area (Å²) in [5.41, 5.74) is 7.94. The summed E-state index contributed by atoms with van der Waals surface area (Å²) in [5.74, 6) is 0. The average Bonchev–Trinajstić information content (AvgIpc) is 2.84. The molecule has 4 heteroatoms. The quantitative estimate of drug-likeness (QED) is 0.829. The standard InChI is InChI=1S/C15H19ClN2S/c1-11(2)18(10-14-4-3-7-19-14)9-12-5-6-13(16)8-15(12)17/h3-8,11H,9-10,17H2,1-2H3. The number of hydrogen-bond acceptors (Lipinski definition) is 3. The zero-order valence-corrected chi connectivity index (χ0v) is 12.8. The first-order valence-corrected chi connectivity index (χ1v) is 7.62. The summed E-state index contributed by atoms with van der Waals surface area (Å²) < 4.78 is 0. The van der Waals surface area contributed by atoms with E-state index in [1.54, 1.807) is 11.3 Å². The van der Waals surface area contributed by atoms with Gasteiger partial charge in [0, 0.05) is 34.7 Å². The number of thiophene rings is 1. The summed E-state index contributed by atoms with van der Waals surface area (Å²) in [5, 5.41) is 2.81. The molecule has 0 saturated carbocycles. The maximum atomic E-state index is 6.03. The van der Waals surface area contributed by atoms with Crippen molar-refractivity contribution in [2.75, 3.05) is 5.73 Å². The Kier molecular flexibility index (Phi) is 4.86. The van der Waals surface area contributed by atoms with E-state index in [0.29, 0.717) is 11.1 Å². The van der Waals surface area contributed by atoms with Crippen LogP contribution in [0.15, 0.2) is 35.7 Å². The van der Waals surface area contributed by atoms with Crippen LogP contribution in [0.1, 0.15) is 24.3 Å². The normalized spacial score (nSPS) is 11.4. The number of hydrogen-bond donors (Lipinski definition) is 1. The van der Waals surface area contributed by atoms with E-state index >= 15 is 0 Å². The van der Waals surface area contributed by atoms with E-state index < -0.39 is 0 Å². The zero-order valence-electron chi connectivity index (χ0n) is 11.3. The predicted octanol–water partition coefficient (Wildman–Crippen LogP) is 4.39. The van der Waals surface area contributed by atoms with Crippen LogP contribution in [0.25, 0.3) is 0 Å². The summed E-state index contributed by atoms with van der Waals surface area (Å²) in [4.78, 5) is 3.78. The van der Waals surface area contributed by atoms with Gasteiger partial charge in [-0.1, -0.05) is 23.7 Å². The maximum Gasteiger partial charge on any atom is 0.0426 e. The topological polar surface area (TPSA) is 29.3 Å². The highest BCUT2D eigenvalue weighted by Crippen LogP contribution is 2.22. The van der Waals surface area contributed by atoms with Gasteiger partial charge < -0.3 is 5.73 Å². The lowest BCUT2D eigenvalue weighted by molar-refractivity contribution is 0.206. The molecular weight excluding hydrogens is 276 g/mol. The molecule has 0 spiro atoms. The van der Waals surface area contributed by atoms with Crippen LogP contribution in [0.3, 0.4) is 0 Å². The fourth-order valence-electron chi connectivity index (χ4n) is 1.95. The van der Waals surface area contributed by atoms with E-state index in [1.165, 1.54) is 4.88 Å². The maximum absolute atomic E-state index is 6.03. The summed E-state index contributed by atoms with van der Waals surface area (Å²) in [7, 11) is 0. The minimum absolute atomic E-state index is 0.470. The molecule has 19 heavy (non-hydrogen) atoms.